The minimum atomic E-state index is 0.0130. The van der Waals surface area contributed by atoms with Crippen LogP contribution in [0.25, 0.3) is 0 Å². The van der Waals surface area contributed by atoms with Crippen molar-refractivity contribution in [1.29, 1.82) is 0 Å². The van der Waals surface area contributed by atoms with E-state index in [1.807, 2.05) is 0 Å². The van der Waals surface area contributed by atoms with Gasteiger partial charge in [-0.1, -0.05) is 0 Å². The summed E-state index contributed by atoms with van der Waals surface area (Å²) in [6, 6.07) is 0. The molecular weight excluding hydrogens is 182 g/mol. The third-order valence-corrected chi connectivity index (χ3v) is 2.34. The van der Waals surface area contributed by atoms with Crippen molar-refractivity contribution in [1.82, 2.24) is 15.1 Å². The van der Waals surface area contributed by atoms with Crippen molar-refractivity contribution in [2.45, 2.75) is 0 Å². The van der Waals surface area contributed by atoms with Gasteiger partial charge in [0.1, 0.15) is 6.29 Å². The normalized spacial score (nSPS) is 17.8. The zero-order chi connectivity index (χ0) is 10.4. The van der Waals surface area contributed by atoms with E-state index in [1.54, 1.807) is 7.05 Å². The maximum Gasteiger partial charge on any atom is 0.236 e. The zero-order valence-corrected chi connectivity index (χ0v) is 8.53. The average Bonchev–Trinajstić information content (AvgIpc) is 2.19. The van der Waals surface area contributed by atoms with Gasteiger partial charge in [-0.15, -0.1) is 0 Å². The van der Waals surface area contributed by atoms with E-state index in [1.165, 1.54) is 4.90 Å². The lowest BCUT2D eigenvalue weighted by molar-refractivity contribution is -0.132. The second-order valence-corrected chi connectivity index (χ2v) is 3.47. The van der Waals surface area contributed by atoms with Crippen LogP contribution in [0.2, 0.25) is 0 Å². The summed E-state index contributed by atoms with van der Waals surface area (Å²) in [7, 11) is 1.65. The Morgan fingerprint density at radius 3 is 2.71 bits per heavy atom. The van der Waals surface area contributed by atoms with Gasteiger partial charge in [-0.05, 0) is 0 Å². The van der Waals surface area contributed by atoms with Crippen LogP contribution in [0.5, 0.6) is 0 Å². The molecule has 1 fully saturated rings. The molecular formula is C9H17N3O2. The summed E-state index contributed by atoms with van der Waals surface area (Å²) >= 11 is 0. The highest BCUT2D eigenvalue weighted by atomic mass is 16.2. The number of nitrogens with one attached hydrogen (secondary N) is 1. The van der Waals surface area contributed by atoms with Crippen molar-refractivity contribution in [3.05, 3.63) is 0 Å². The smallest absolute Gasteiger partial charge is 0.236 e. The zero-order valence-electron chi connectivity index (χ0n) is 8.53. The van der Waals surface area contributed by atoms with Gasteiger partial charge < -0.3 is 15.0 Å². The van der Waals surface area contributed by atoms with Gasteiger partial charge in [0.25, 0.3) is 0 Å². The van der Waals surface area contributed by atoms with E-state index in [-0.39, 0.29) is 12.5 Å². The van der Waals surface area contributed by atoms with Gasteiger partial charge in [0.05, 0.1) is 13.1 Å². The predicted molar refractivity (Wildman–Crippen MR) is 53.0 cm³/mol. The molecule has 0 spiro atoms. The van der Waals surface area contributed by atoms with Crippen LogP contribution in [0.4, 0.5) is 0 Å². The van der Waals surface area contributed by atoms with Crippen LogP contribution in [-0.4, -0.2) is 68.3 Å². The summed E-state index contributed by atoms with van der Waals surface area (Å²) < 4.78 is 0. The van der Waals surface area contributed by atoms with Crippen molar-refractivity contribution < 1.29 is 9.59 Å². The molecule has 5 nitrogen and oxygen atoms in total. The van der Waals surface area contributed by atoms with Crippen molar-refractivity contribution in [2.75, 3.05) is 46.3 Å². The molecule has 1 saturated heterocycles. The third kappa shape index (κ3) is 3.43. The Bertz CT molecular complexity index is 202. The Morgan fingerprint density at radius 2 is 2.14 bits per heavy atom. The van der Waals surface area contributed by atoms with Gasteiger partial charge in [-0.3, -0.25) is 9.69 Å². The van der Waals surface area contributed by atoms with Crippen LogP contribution in [0, 0.1) is 0 Å². The number of likely N-dealkylation sites (N-methyl/N-ethyl adjacent to an activating group) is 1. The molecule has 0 saturated carbocycles. The van der Waals surface area contributed by atoms with E-state index in [0.717, 1.165) is 32.5 Å². The first-order valence-electron chi connectivity index (χ1n) is 4.84. The van der Waals surface area contributed by atoms with Crippen LogP contribution in [0.15, 0.2) is 0 Å². The van der Waals surface area contributed by atoms with Gasteiger partial charge in [-0.2, -0.15) is 0 Å². The molecule has 80 valence electrons. The van der Waals surface area contributed by atoms with Gasteiger partial charge in [0.15, 0.2) is 0 Å². The fraction of sp³-hybridized carbons (Fsp3) is 0.778. The van der Waals surface area contributed by atoms with Crippen LogP contribution >= 0.6 is 0 Å². The third-order valence-electron chi connectivity index (χ3n) is 2.34. The molecule has 0 aromatic heterocycles. The molecule has 0 aromatic rings. The maximum atomic E-state index is 11.5. The summed E-state index contributed by atoms with van der Waals surface area (Å²) in [6.07, 6.45) is 0.746. The summed E-state index contributed by atoms with van der Waals surface area (Å²) in [4.78, 5) is 25.3. The molecule has 1 N–H and O–H groups in total. The molecule has 1 aliphatic rings. The first-order valence-corrected chi connectivity index (χ1v) is 4.84. The lowest BCUT2D eigenvalue weighted by Gasteiger charge is -2.27. The van der Waals surface area contributed by atoms with E-state index in [9.17, 15) is 9.59 Å². The molecule has 0 aliphatic carbocycles. The maximum absolute atomic E-state index is 11.5. The Labute approximate surface area is 84.0 Å². The Balaban J connectivity index is 2.27. The van der Waals surface area contributed by atoms with E-state index >= 15 is 0 Å². The van der Waals surface area contributed by atoms with Gasteiger partial charge >= 0.3 is 0 Å². The fourth-order valence-electron chi connectivity index (χ4n) is 1.39. The highest BCUT2D eigenvalue weighted by Crippen LogP contribution is 1.93. The lowest BCUT2D eigenvalue weighted by atomic mass is 10.3. The van der Waals surface area contributed by atoms with Crippen LogP contribution in [0.1, 0.15) is 0 Å². The predicted octanol–water partition coefficient (Wildman–Crippen LogP) is -1.45. The molecule has 0 aromatic carbocycles. The monoisotopic (exact) mass is 199 g/mol. The first kappa shape index (κ1) is 11.1. The summed E-state index contributed by atoms with van der Waals surface area (Å²) in [6.45, 7) is 4.29. The Kier molecular flexibility index (Phi) is 4.55. The second-order valence-electron chi connectivity index (χ2n) is 3.47. The number of aldehydes is 1. The Hall–Kier alpha value is -0.940. The lowest BCUT2D eigenvalue weighted by Crippen LogP contribution is -2.48. The fourth-order valence-corrected chi connectivity index (χ4v) is 1.39. The number of rotatable bonds is 4. The molecule has 0 radical (unpaired) electrons. The second kappa shape index (κ2) is 5.72. The van der Waals surface area contributed by atoms with Crippen LogP contribution in [0.3, 0.4) is 0 Å². The minimum Gasteiger partial charge on any atom is -0.338 e. The summed E-state index contributed by atoms with van der Waals surface area (Å²) in [5.41, 5.74) is 0. The summed E-state index contributed by atoms with van der Waals surface area (Å²) in [5.74, 6) is 0.0130. The van der Waals surface area contributed by atoms with Crippen molar-refractivity contribution in [2.24, 2.45) is 0 Å². The number of piperazine rings is 1. The number of hydrogen-bond acceptors (Lipinski definition) is 4. The topological polar surface area (TPSA) is 52.7 Å². The van der Waals surface area contributed by atoms with Gasteiger partial charge in [0.2, 0.25) is 5.91 Å². The van der Waals surface area contributed by atoms with Crippen LogP contribution in [-0.2, 0) is 9.59 Å². The number of carbonyl (C=O) groups excluding carboxylic acids is 2. The SMILES string of the molecule is CN(CC=O)C(=O)CN1CCNCC1. The first-order chi connectivity index (χ1) is 6.74. The average molecular weight is 199 g/mol. The number of amides is 1. The van der Waals surface area contributed by atoms with Crippen molar-refractivity contribution in [3.8, 4) is 0 Å². The molecule has 5 heteroatoms. The molecule has 1 amide bonds. The molecule has 1 heterocycles. The molecule has 1 rings (SSSR count). The highest BCUT2D eigenvalue weighted by molar-refractivity contribution is 5.80. The van der Waals surface area contributed by atoms with E-state index in [4.69, 9.17) is 0 Å². The molecule has 0 bridgehead atoms. The highest BCUT2D eigenvalue weighted by Gasteiger charge is 2.15. The van der Waals surface area contributed by atoms with Crippen molar-refractivity contribution >= 4 is 12.2 Å². The van der Waals surface area contributed by atoms with Crippen molar-refractivity contribution in [3.63, 3.8) is 0 Å². The molecule has 1 aliphatic heterocycles. The number of nitrogens with zero attached hydrogens (tertiary/aromatic N) is 2. The van der Waals surface area contributed by atoms with Gasteiger partial charge in [0, 0.05) is 33.2 Å². The molecule has 0 unspecified atom stereocenters. The largest absolute Gasteiger partial charge is 0.338 e. The molecule has 0 atom stereocenters. The standard InChI is InChI=1S/C9H17N3O2/c1-11(6-7-13)9(14)8-12-4-2-10-3-5-12/h7,10H,2-6,8H2,1H3. The van der Waals surface area contributed by atoms with Crippen LogP contribution < -0.4 is 5.32 Å². The number of carbonyl (C=O) groups is 2. The molecule has 14 heavy (non-hydrogen) atoms. The van der Waals surface area contributed by atoms with E-state index in [0.29, 0.717) is 6.54 Å². The van der Waals surface area contributed by atoms with Gasteiger partial charge in [-0.25, -0.2) is 0 Å². The quantitative estimate of drug-likeness (QED) is 0.563. The Morgan fingerprint density at radius 1 is 1.50 bits per heavy atom. The summed E-state index contributed by atoms with van der Waals surface area (Å²) in [5, 5.41) is 3.22. The minimum absolute atomic E-state index is 0.0130. The van der Waals surface area contributed by atoms with E-state index < -0.39 is 0 Å². The number of hydrogen-bond donors (Lipinski definition) is 1. The van der Waals surface area contributed by atoms with E-state index in [2.05, 4.69) is 10.2 Å².